The Bertz CT molecular complexity index is 217. The summed E-state index contributed by atoms with van der Waals surface area (Å²) >= 11 is 0. The smallest absolute Gasteiger partial charge is 0.310 e. The van der Waals surface area contributed by atoms with E-state index in [4.69, 9.17) is 5.21 Å². The van der Waals surface area contributed by atoms with Crippen molar-refractivity contribution in [3.63, 3.8) is 0 Å². The molecule has 0 aliphatic carbocycles. The van der Waals surface area contributed by atoms with Gasteiger partial charge in [0.25, 0.3) is 5.91 Å². The molecule has 0 aromatic carbocycles. The first-order valence-corrected chi connectivity index (χ1v) is 4.05. The lowest BCUT2D eigenvalue weighted by molar-refractivity contribution is -0.149. The highest BCUT2D eigenvalue weighted by Gasteiger charge is 2.45. The van der Waals surface area contributed by atoms with Crippen LogP contribution in [0.5, 0.6) is 0 Å². The van der Waals surface area contributed by atoms with Gasteiger partial charge in [-0.1, -0.05) is 0 Å². The molecule has 0 radical (unpaired) electrons. The number of fused-ring (bicyclic) bond motifs is 1. The molecule has 0 bridgehead atoms. The summed E-state index contributed by atoms with van der Waals surface area (Å²) in [7, 11) is 0. The van der Waals surface area contributed by atoms with Gasteiger partial charge in [-0.05, 0) is 19.3 Å². The van der Waals surface area contributed by atoms with E-state index in [0.29, 0.717) is 13.0 Å². The number of urea groups is 1. The second-order valence-electron chi connectivity index (χ2n) is 3.14. The van der Waals surface area contributed by atoms with E-state index in [1.54, 1.807) is 0 Å². The van der Waals surface area contributed by atoms with Crippen LogP contribution in [0.1, 0.15) is 19.3 Å². The maximum Gasteiger partial charge on any atom is 0.351 e. The zero-order valence-electron chi connectivity index (χ0n) is 6.56. The lowest BCUT2D eigenvalue weighted by Crippen LogP contribution is -2.38. The minimum atomic E-state index is -0.565. The van der Waals surface area contributed by atoms with Gasteiger partial charge in [0.05, 0.1) is 0 Å². The molecule has 12 heavy (non-hydrogen) atoms. The highest BCUT2D eigenvalue weighted by molar-refractivity contribution is 6.02. The molecule has 1 N–H and O–H groups in total. The van der Waals surface area contributed by atoms with Gasteiger partial charge in [-0.25, -0.2) is 4.79 Å². The predicted octanol–water partition coefficient (Wildman–Crippen LogP) is 0.192. The molecule has 2 aliphatic heterocycles. The standard InChI is InChI=1S/C7H10N2O3/c10-6-5-3-1-2-4-8(5)7(11)9(6)12/h5,12H,1-4H2. The molecule has 66 valence electrons. The first-order valence-electron chi connectivity index (χ1n) is 4.05. The normalized spacial score (nSPS) is 29.6. The van der Waals surface area contributed by atoms with Gasteiger partial charge in [-0.2, -0.15) is 0 Å². The van der Waals surface area contributed by atoms with E-state index < -0.39 is 18.0 Å². The Morgan fingerprint density at radius 3 is 2.75 bits per heavy atom. The Balaban J connectivity index is 2.25. The van der Waals surface area contributed by atoms with Crippen molar-refractivity contribution < 1.29 is 14.8 Å². The summed E-state index contributed by atoms with van der Waals surface area (Å²) in [4.78, 5) is 23.7. The maximum absolute atomic E-state index is 11.2. The van der Waals surface area contributed by atoms with Crippen molar-refractivity contribution >= 4 is 11.9 Å². The molecule has 5 nitrogen and oxygen atoms in total. The molecule has 3 amide bonds. The van der Waals surface area contributed by atoms with Crippen molar-refractivity contribution in [3.8, 4) is 0 Å². The molecule has 2 heterocycles. The molecule has 0 aromatic rings. The van der Waals surface area contributed by atoms with Crippen LogP contribution in [-0.2, 0) is 4.79 Å². The van der Waals surface area contributed by atoms with Crippen molar-refractivity contribution in [3.05, 3.63) is 0 Å². The third kappa shape index (κ3) is 0.828. The summed E-state index contributed by atoms with van der Waals surface area (Å²) in [6, 6.07) is -0.957. The minimum absolute atomic E-state index is 0.232. The topological polar surface area (TPSA) is 60.9 Å². The second kappa shape index (κ2) is 2.45. The zero-order valence-corrected chi connectivity index (χ0v) is 6.56. The van der Waals surface area contributed by atoms with Gasteiger partial charge in [-0.15, -0.1) is 5.06 Å². The molecule has 2 saturated heterocycles. The Morgan fingerprint density at radius 1 is 1.33 bits per heavy atom. The number of hydroxylamine groups is 2. The zero-order chi connectivity index (χ0) is 8.72. The van der Waals surface area contributed by atoms with Crippen LogP contribution in [-0.4, -0.2) is 39.7 Å². The highest BCUT2D eigenvalue weighted by Crippen LogP contribution is 2.24. The molecule has 0 saturated carbocycles. The fraction of sp³-hybridized carbons (Fsp3) is 0.714. The third-order valence-corrected chi connectivity index (χ3v) is 2.42. The van der Waals surface area contributed by atoms with Crippen molar-refractivity contribution in [2.75, 3.05) is 6.54 Å². The number of piperidine rings is 1. The highest BCUT2D eigenvalue weighted by atomic mass is 16.5. The Kier molecular flexibility index (Phi) is 1.54. The van der Waals surface area contributed by atoms with E-state index in [1.807, 2.05) is 0 Å². The van der Waals surface area contributed by atoms with Crippen LogP contribution in [0.2, 0.25) is 0 Å². The van der Waals surface area contributed by atoms with Crippen LogP contribution < -0.4 is 0 Å². The molecular weight excluding hydrogens is 160 g/mol. The number of carbonyl (C=O) groups excluding carboxylic acids is 2. The van der Waals surface area contributed by atoms with E-state index in [2.05, 4.69) is 0 Å². The van der Waals surface area contributed by atoms with E-state index >= 15 is 0 Å². The van der Waals surface area contributed by atoms with Gasteiger partial charge >= 0.3 is 6.03 Å². The average Bonchev–Trinajstić information content (AvgIpc) is 2.33. The Hall–Kier alpha value is -1.10. The SMILES string of the molecule is O=C1C2CCCCN2C(=O)N1O. The van der Waals surface area contributed by atoms with Gasteiger partial charge in [0, 0.05) is 6.54 Å². The molecule has 2 fully saturated rings. The summed E-state index contributed by atoms with van der Waals surface area (Å²) in [6.45, 7) is 0.590. The molecule has 2 aliphatic rings. The van der Waals surface area contributed by atoms with Crippen LogP contribution in [0.15, 0.2) is 0 Å². The first kappa shape index (κ1) is 7.54. The lowest BCUT2D eigenvalue weighted by atomic mass is 10.0. The van der Waals surface area contributed by atoms with E-state index in [0.717, 1.165) is 12.8 Å². The molecular formula is C7H10N2O3. The number of amides is 3. The van der Waals surface area contributed by atoms with Crippen LogP contribution >= 0.6 is 0 Å². The maximum atomic E-state index is 11.2. The number of hydrogen-bond donors (Lipinski definition) is 1. The largest absolute Gasteiger partial charge is 0.351 e. The number of imide groups is 1. The van der Waals surface area contributed by atoms with Crippen LogP contribution in [0.4, 0.5) is 4.79 Å². The molecule has 0 spiro atoms. The van der Waals surface area contributed by atoms with Crippen LogP contribution in [0.3, 0.4) is 0 Å². The number of nitrogens with zero attached hydrogens (tertiary/aromatic N) is 2. The minimum Gasteiger partial charge on any atom is -0.310 e. The summed E-state index contributed by atoms with van der Waals surface area (Å²) in [5.74, 6) is -0.472. The Labute approximate surface area is 69.5 Å². The van der Waals surface area contributed by atoms with Gasteiger partial charge in [-0.3, -0.25) is 10.0 Å². The summed E-state index contributed by atoms with van der Waals surface area (Å²) in [5, 5.41) is 9.22. The van der Waals surface area contributed by atoms with Gasteiger partial charge in [0.2, 0.25) is 0 Å². The third-order valence-electron chi connectivity index (χ3n) is 2.42. The van der Waals surface area contributed by atoms with E-state index in [9.17, 15) is 9.59 Å². The first-order chi connectivity index (χ1) is 5.72. The lowest BCUT2D eigenvalue weighted by Gasteiger charge is -2.25. The van der Waals surface area contributed by atoms with Crippen molar-refractivity contribution in [2.24, 2.45) is 0 Å². The van der Waals surface area contributed by atoms with Gasteiger partial charge in [0.1, 0.15) is 6.04 Å². The fourth-order valence-corrected chi connectivity index (χ4v) is 1.77. The van der Waals surface area contributed by atoms with Gasteiger partial charge < -0.3 is 4.90 Å². The van der Waals surface area contributed by atoms with Crippen molar-refractivity contribution in [1.29, 1.82) is 0 Å². The van der Waals surface area contributed by atoms with E-state index in [-0.39, 0.29) is 5.06 Å². The van der Waals surface area contributed by atoms with Crippen LogP contribution in [0.25, 0.3) is 0 Å². The van der Waals surface area contributed by atoms with E-state index in [1.165, 1.54) is 4.90 Å². The van der Waals surface area contributed by atoms with Gasteiger partial charge in [0.15, 0.2) is 0 Å². The summed E-state index contributed by atoms with van der Waals surface area (Å²) < 4.78 is 0. The quantitative estimate of drug-likeness (QED) is 0.417. The van der Waals surface area contributed by atoms with Crippen LogP contribution in [0, 0.1) is 0 Å². The molecule has 1 atom stereocenters. The molecule has 1 unspecified atom stereocenters. The number of rotatable bonds is 0. The predicted molar refractivity (Wildman–Crippen MR) is 38.4 cm³/mol. The Morgan fingerprint density at radius 2 is 2.08 bits per heavy atom. The summed E-state index contributed by atoms with van der Waals surface area (Å²) in [5.41, 5.74) is 0. The average molecular weight is 170 g/mol. The van der Waals surface area contributed by atoms with Crippen molar-refractivity contribution in [2.45, 2.75) is 25.3 Å². The monoisotopic (exact) mass is 170 g/mol. The molecule has 5 heteroatoms. The second-order valence-corrected chi connectivity index (χ2v) is 3.14. The number of hydrogen-bond acceptors (Lipinski definition) is 3. The van der Waals surface area contributed by atoms with Crippen molar-refractivity contribution in [1.82, 2.24) is 9.96 Å². The summed E-state index contributed by atoms with van der Waals surface area (Å²) in [6.07, 6.45) is 2.55. The number of carbonyl (C=O) groups is 2. The molecule has 0 aromatic heterocycles. The fourth-order valence-electron chi connectivity index (χ4n) is 1.77. The molecule has 2 rings (SSSR count).